The molecule has 3 aliphatic rings. The molecule has 0 spiro atoms. The van der Waals surface area contributed by atoms with Gasteiger partial charge >= 0.3 is 6.09 Å². The average Bonchev–Trinajstić information content (AvgIpc) is 3.18. The number of hydrogen-bond acceptors (Lipinski definition) is 6. The van der Waals surface area contributed by atoms with Crippen molar-refractivity contribution in [3.63, 3.8) is 0 Å². The van der Waals surface area contributed by atoms with E-state index < -0.39 is 11.7 Å². The van der Waals surface area contributed by atoms with Gasteiger partial charge in [0.05, 0.1) is 24.5 Å². The van der Waals surface area contributed by atoms with Crippen LogP contribution in [0.25, 0.3) is 0 Å². The summed E-state index contributed by atoms with van der Waals surface area (Å²) in [5.41, 5.74) is 0.496. The SMILES string of the molecule is CC(C)(C)OC(=O)N1C(=O)[C@@H]2C[C@H]1[C@H]1N=NN(Cc3ccccc3)[C@H]12. The van der Waals surface area contributed by atoms with Crippen LogP contribution in [0.5, 0.6) is 0 Å². The van der Waals surface area contributed by atoms with Gasteiger partial charge in [0.2, 0.25) is 5.91 Å². The average molecular weight is 342 g/mol. The highest BCUT2D eigenvalue weighted by atomic mass is 16.6. The number of hydrogen-bond donors (Lipinski definition) is 0. The van der Waals surface area contributed by atoms with Crippen LogP contribution in [0.2, 0.25) is 0 Å². The fraction of sp³-hybridized carbons (Fsp3) is 0.556. The van der Waals surface area contributed by atoms with Gasteiger partial charge in [-0.3, -0.25) is 9.80 Å². The number of carbonyl (C=O) groups excluding carboxylic acids is 2. The van der Waals surface area contributed by atoms with Crippen LogP contribution in [0.15, 0.2) is 40.7 Å². The van der Waals surface area contributed by atoms with E-state index in [9.17, 15) is 9.59 Å². The third kappa shape index (κ3) is 2.67. The minimum absolute atomic E-state index is 0.0589. The fourth-order valence-corrected chi connectivity index (χ4v) is 4.01. The summed E-state index contributed by atoms with van der Waals surface area (Å²) in [6, 6.07) is 9.54. The van der Waals surface area contributed by atoms with E-state index in [1.165, 1.54) is 4.90 Å². The zero-order valence-electron chi connectivity index (χ0n) is 14.6. The number of piperidine rings is 1. The fourth-order valence-electron chi connectivity index (χ4n) is 4.01. The standard InChI is InChI=1S/C18H22N4O3/c1-18(2,3)25-17(24)22-13-9-12(16(22)23)15-14(13)19-20-21(15)10-11-7-5-4-6-8-11/h4-8,12-15H,9-10H2,1-3H3/t12-,13+,14-,15+/m1/s1. The van der Waals surface area contributed by atoms with Gasteiger partial charge in [0.1, 0.15) is 11.6 Å². The lowest BCUT2D eigenvalue weighted by Crippen LogP contribution is -2.55. The van der Waals surface area contributed by atoms with Crippen LogP contribution < -0.4 is 0 Å². The quantitative estimate of drug-likeness (QED) is 0.828. The molecule has 2 amide bonds. The molecule has 4 rings (SSSR count). The first kappa shape index (κ1) is 16.1. The second-order valence-corrected chi connectivity index (χ2v) is 7.87. The third-order valence-corrected chi connectivity index (χ3v) is 4.96. The Kier molecular flexibility index (Phi) is 3.56. The summed E-state index contributed by atoms with van der Waals surface area (Å²) in [7, 11) is 0. The van der Waals surface area contributed by atoms with Gasteiger partial charge in [-0.05, 0) is 32.8 Å². The predicted octanol–water partition coefficient (Wildman–Crippen LogP) is 2.77. The van der Waals surface area contributed by atoms with Gasteiger partial charge in [0.25, 0.3) is 0 Å². The Bertz CT molecular complexity index is 728. The number of amides is 2. The van der Waals surface area contributed by atoms with Gasteiger partial charge in [-0.25, -0.2) is 9.69 Å². The molecule has 0 N–H and O–H groups in total. The van der Waals surface area contributed by atoms with Crippen molar-refractivity contribution >= 4 is 12.0 Å². The number of rotatable bonds is 2. The number of ether oxygens (including phenoxy) is 1. The number of imide groups is 1. The normalized spacial score (nSPS) is 30.1. The van der Waals surface area contributed by atoms with Crippen LogP contribution in [0.3, 0.4) is 0 Å². The molecule has 1 saturated heterocycles. The Labute approximate surface area is 146 Å². The molecule has 25 heavy (non-hydrogen) atoms. The van der Waals surface area contributed by atoms with Crippen LogP contribution in [-0.2, 0) is 16.1 Å². The van der Waals surface area contributed by atoms with E-state index >= 15 is 0 Å². The number of nitrogens with zero attached hydrogens (tertiary/aromatic N) is 4. The van der Waals surface area contributed by atoms with Crippen molar-refractivity contribution < 1.29 is 14.3 Å². The first-order chi connectivity index (χ1) is 11.8. The minimum atomic E-state index is -0.630. The van der Waals surface area contributed by atoms with Gasteiger partial charge < -0.3 is 4.74 Å². The zero-order valence-corrected chi connectivity index (χ0v) is 14.6. The highest BCUT2D eigenvalue weighted by Gasteiger charge is 2.63. The van der Waals surface area contributed by atoms with Crippen molar-refractivity contribution in [1.82, 2.24) is 9.91 Å². The molecule has 1 saturated carbocycles. The van der Waals surface area contributed by atoms with Crippen molar-refractivity contribution in [2.75, 3.05) is 0 Å². The highest BCUT2D eigenvalue weighted by molar-refractivity contribution is 5.97. The Morgan fingerprint density at radius 1 is 1.28 bits per heavy atom. The van der Waals surface area contributed by atoms with E-state index in [-0.39, 0.29) is 30.0 Å². The molecule has 0 aromatic heterocycles. The van der Waals surface area contributed by atoms with Crippen molar-refractivity contribution in [2.45, 2.75) is 57.5 Å². The number of carbonyl (C=O) groups is 2. The zero-order chi connectivity index (χ0) is 17.8. The topological polar surface area (TPSA) is 74.6 Å². The van der Waals surface area contributed by atoms with Crippen LogP contribution in [0, 0.1) is 5.92 Å². The van der Waals surface area contributed by atoms with Crippen LogP contribution in [0.4, 0.5) is 4.79 Å². The van der Waals surface area contributed by atoms with Crippen LogP contribution >= 0.6 is 0 Å². The summed E-state index contributed by atoms with van der Waals surface area (Å²) >= 11 is 0. The summed E-state index contributed by atoms with van der Waals surface area (Å²) in [4.78, 5) is 26.4. The molecule has 4 atom stereocenters. The predicted molar refractivity (Wildman–Crippen MR) is 89.4 cm³/mol. The molecule has 7 nitrogen and oxygen atoms in total. The van der Waals surface area contributed by atoms with E-state index in [4.69, 9.17) is 4.74 Å². The maximum atomic E-state index is 12.7. The Hall–Kier alpha value is -2.44. The monoisotopic (exact) mass is 342 g/mol. The Morgan fingerprint density at radius 2 is 2.00 bits per heavy atom. The Morgan fingerprint density at radius 3 is 2.68 bits per heavy atom. The van der Waals surface area contributed by atoms with Crippen molar-refractivity contribution in [3.05, 3.63) is 35.9 Å². The highest BCUT2D eigenvalue weighted by Crippen LogP contribution is 2.46. The lowest BCUT2D eigenvalue weighted by atomic mass is 9.98. The minimum Gasteiger partial charge on any atom is -0.443 e. The van der Waals surface area contributed by atoms with E-state index in [0.29, 0.717) is 13.0 Å². The maximum Gasteiger partial charge on any atom is 0.417 e. The molecule has 2 bridgehead atoms. The number of likely N-dealkylation sites (tertiary alicyclic amines) is 1. The summed E-state index contributed by atoms with van der Waals surface area (Å²) in [6.07, 6.45) is 0.0673. The van der Waals surface area contributed by atoms with E-state index in [1.807, 2.05) is 35.3 Å². The number of fused-ring (bicyclic) bond motifs is 5. The van der Waals surface area contributed by atoms with Crippen molar-refractivity contribution in [2.24, 2.45) is 16.3 Å². The smallest absolute Gasteiger partial charge is 0.417 e. The molecule has 132 valence electrons. The summed E-state index contributed by atoms with van der Waals surface area (Å²) in [5, 5.41) is 10.6. The summed E-state index contributed by atoms with van der Waals surface area (Å²) < 4.78 is 5.40. The molecule has 1 aromatic rings. The molecule has 1 aliphatic carbocycles. The van der Waals surface area contributed by atoms with Gasteiger partial charge in [-0.2, -0.15) is 5.11 Å². The largest absolute Gasteiger partial charge is 0.443 e. The lowest BCUT2D eigenvalue weighted by molar-refractivity contribution is -0.135. The van der Waals surface area contributed by atoms with Gasteiger partial charge in [-0.1, -0.05) is 35.6 Å². The molecule has 2 aliphatic heterocycles. The second-order valence-electron chi connectivity index (χ2n) is 7.87. The second kappa shape index (κ2) is 5.54. The van der Waals surface area contributed by atoms with Gasteiger partial charge in [0.15, 0.2) is 0 Å². The van der Waals surface area contributed by atoms with Crippen molar-refractivity contribution in [1.29, 1.82) is 0 Å². The first-order valence-corrected chi connectivity index (χ1v) is 8.62. The molecule has 2 heterocycles. The molecule has 0 unspecified atom stereocenters. The van der Waals surface area contributed by atoms with E-state index in [2.05, 4.69) is 10.3 Å². The van der Waals surface area contributed by atoms with Gasteiger partial charge in [-0.15, -0.1) is 0 Å². The van der Waals surface area contributed by atoms with E-state index in [0.717, 1.165) is 5.56 Å². The third-order valence-electron chi connectivity index (χ3n) is 4.96. The molecule has 7 heteroatoms. The first-order valence-electron chi connectivity index (χ1n) is 8.62. The van der Waals surface area contributed by atoms with Crippen LogP contribution in [-0.4, -0.2) is 45.6 Å². The molecular weight excluding hydrogens is 320 g/mol. The molecule has 0 radical (unpaired) electrons. The van der Waals surface area contributed by atoms with E-state index in [1.54, 1.807) is 20.8 Å². The molecule has 1 aromatic carbocycles. The lowest BCUT2D eigenvalue weighted by Gasteiger charge is -2.34. The number of benzene rings is 1. The van der Waals surface area contributed by atoms with Crippen LogP contribution in [0.1, 0.15) is 32.8 Å². The summed E-state index contributed by atoms with van der Waals surface area (Å²) in [6.45, 7) is 6.00. The Balaban J connectivity index is 1.51. The van der Waals surface area contributed by atoms with Crippen molar-refractivity contribution in [3.8, 4) is 0 Å². The molecule has 2 fully saturated rings. The molecular formula is C18H22N4O3. The summed E-state index contributed by atoms with van der Waals surface area (Å²) in [5.74, 6) is -0.410. The van der Waals surface area contributed by atoms with Gasteiger partial charge in [0, 0.05) is 0 Å². The maximum absolute atomic E-state index is 12.7.